The summed E-state index contributed by atoms with van der Waals surface area (Å²) in [6.07, 6.45) is 0.919. The molecule has 2 heterocycles. The van der Waals surface area contributed by atoms with E-state index >= 15 is 0 Å². The summed E-state index contributed by atoms with van der Waals surface area (Å²) in [5.41, 5.74) is 7.69. The molecule has 0 saturated carbocycles. The van der Waals surface area contributed by atoms with Crippen molar-refractivity contribution in [3.8, 4) is 22.5 Å². The fraction of sp³-hybridized carbons (Fsp3) is 0.269. The Hall–Kier alpha value is -2.74. The molecule has 33 heavy (non-hydrogen) atoms. The van der Waals surface area contributed by atoms with Crippen LogP contribution in [0.4, 0.5) is 15.8 Å². The number of hydrogen-bond acceptors (Lipinski definition) is 4. The van der Waals surface area contributed by atoms with Gasteiger partial charge in [-0.2, -0.15) is 5.10 Å². The Balaban J connectivity index is 1.38. The van der Waals surface area contributed by atoms with Crippen LogP contribution in [0.5, 0.6) is 0 Å². The molecular formula is C26H28FN3OSSi. The first-order chi connectivity index (χ1) is 15.9. The molecule has 0 radical (unpaired) electrons. The lowest BCUT2D eigenvalue weighted by atomic mass is 10.1. The molecule has 0 bridgehead atoms. The van der Waals surface area contributed by atoms with Gasteiger partial charge in [-0.1, -0.05) is 31.8 Å². The fourth-order valence-electron chi connectivity index (χ4n) is 4.08. The monoisotopic (exact) mass is 477 g/mol. The SMILES string of the molecule is C[Si](C)(C)CCOCn1nc(-c2ccc(Nc3ccc(F)cc3)cc2)c2c1-c1ccsc1C2. The van der Waals surface area contributed by atoms with Crippen LogP contribution in [0.15, 0.2) is 60.0 Å². The molecule has 0 amide bonds. The van der Waals surface area contributed by atoms with Crippen LogP contribution in [0.25, 0.3) is 22.5 Å². The number of nitrogens with one attached hydrogen (secondary N) is 1. The van der Waals surface area contributed by atoms with Crippen molar-refractivity contribution in [1.82, 2.24) is 9.78 Å². The van der Waals surface area contributed by atoms with Gasteiger partial charge in [-0.25, -0.2) is 9.07 Å². The van der Waals surface area contributed by atoms with Crippen molar-refractivity contribution in [2.24, 2.45) is 0 Å². The second kappa shape index (κ2) is 8.89. The number of rotatable bonds is 8. The lowest BCUT2D eigenvalue weighted by molar-refractivity contribution is 0.0799. The summed E-state index contributed by atoms with van der Waals surface area (Å²) in [4.78, 5) is 1.40. The van der Waals surface area contributed by atoms with E-state index in [0.717, 1.165) is 41.7 Å². The number of hydrogen-bond donors (Lipinski definition) is 1. The maximum Gasteiger partial charge on any atom is 0.140 e. The molecule has 1 aliphatic rings. The van der Waals surface area contributed by atoms with Gasteiger partial charge < -0.3 is 10.1 Å². The Labute approximate surface area is 199 Å². The molecule has 1 aliphatic carbocycles. The molecule has 4 nitrogen and oxygen atoms in total. The third-order valence-corrected chi connectivity index (χ3v) is 8.51. The van der Waals surface area contributed by atoms with Crippen LogP contribution >= 0.6 is 11.3 Å². The number of aromatic nitrogens is 2. The van der Waals surface area contributed by atoms with Crippen molar-refractivity contribution in [3.63, 3.8) is 0 Å². The van der Waals surface area contributed by atoms with Crippen LogP contribution in [0, 0.1) is 5.82 Å². The lowest BCUT2D eigenvalue weighted by Gasteiger charge is -2.15. The highest BCUT2D eigenvalue weighted by Gasteiger charge is 2.29. The number of anilines is 2. The number of halogens is 1. The summed E-state index contributed by atoms with van der Waals surface area (Å²) in [5.74, 6) is -0.238. The third-order valence-electron chi connectivity index (χ3n) is 5.89. The number of thiophene rings is 1. The van der Waals surface area contributed by atoms with Crippen molar-refractivity contribution >= 4 is 30.8 Å². The normalized spacial score (nSPS) is 12.6. The van der Waals surface area contributed by atoms with Gasteiger partial charge in [-0.15, -0.1) is 11.3 Å². The van der Waals surface area contributed by atoms with Crippen molar-refractivity contribution in [3.05, 3.63) is 76.2 Å². The second-order valence-electron chi connectivity index (χ2n) is 9.67. The van der Waals surface area contributed by atoms with Gasteiger partial charge in [0.2, 0.25) is 0 Å². The zero-order chi connectivity index (χ0) is 23.0. The van der Waals surface area contributed by atoms with Gasteiger partial charge >= 0.3 is 0 Å². The van der Waals surface area contributed by atoms with Gasteiger partial charge in [0, 0.05) is 54.0 Å². The van der Waals surface area contributed by atoms with Crippen LogP contribution in [0.1, 0.15) is 10.4 Å². The molecule has 0 unspecified atom stereocenters. The highest BCUT2D eigenvalue weighted by Crippen LogP contribution is 2.44. The summed E-state index contributed by atoms with van der Waals surface area (Å²) in [5, 5.41) is 10.5. The van der Waals surface area contributed by atoms with Crippen molar-refractivity contribution < 1.29 is 9.13 Å². The zero-order valence-electron chi connectivity index (χ0n) is 19.2. The topological polar surface area (TPSA) is 39.1 Å². The van der Waals surface area contributed by atoms with Crippen LogP contribution in [-0.2, 0) is 17.9 Å². The van der Waals surface area contributed by atoms with E-state index in [1.54, 1.807) is 12.1 Å². The van der Waals surface area contributed by atoms with Gasteiger partial charge in [-0.3, -0.25) is 0 Å². The van der Waals surface area contributed by atoms with E-state index in [4.69, 9.17) is 9.84 Å². The van der Waals surface area contributed by atoms with Crippen LogP contribution in [0.3, 0.4) is 0 Å². The van der Waals surface area contributed by atoms with E-state index in [0.29, 0.717) is 6.73 Å². The predicted octanol–water partition coefficient (Wildman–Crippen LogP) is 7.38. The molecule has 5 rings (SSSR count). The predicted molar refractivity (Wildman–Crippen MR) is 138 cm³/mol. The molecule has 0 spiro atoms. The molecule has 4 aromatic rings. The summed E-state index contributed by atoms with van der Waals surface area (Å²) in [7, 11) is -1.12. The molecule has 0 saturated heterocycles. The first-order valence-electron chi connectivity index (χ1n) is 11.2. The summed E-state index contributed by atoms with van der Waals surface area (Å²) in [6, 6.07) is 18.0. The minimum atomic E-state index is -1.12. The van der Waals surface area contributed by atoms with E-state index in [1.165, 1.54) is 33.8 Å². The molecule has 0 aliphatic heterocycles. The van der Waals surface area contributed by atoms with Gasteiger partial charge in [-0.05, 0) is 53.9 Å². The molecule has 0 fully saturated rings. The smallest absolute Gasteiger partial charge is 0.140 e. The standard InChI is InChI=1S/C26H28FN3OSSi/c1-33(2,3)15-13-31-17-30-26-22-12-14-32-24(22)16-23(26)25(29-30)18-4-8-20(9-5-18)28-21-10-6-19(27)7-11-21/h4-12,14,28H,13,15-17H2,1-3H3. The molecule has 0 atom stereocenters. The summed E-state index contributed by atoms with van der Waals surface area (Å²) in [6.45, 7) is 8.36. The highest BCUT2D eigenvalue weighted by atomic mass is 32.1. The lowest BCUT2D eigenvalue weighted by Crippen LogP contribution is -2.22. The van der Waals surface area contributed by atoms with Crippen LogP contribution < -0.4 is 5.32 Å². The number of benzene rings is 2. The van der Waals surface area contributed by atoms with Crippen LogP contribution in [0.2, 0.25) is 25.7 Å². The molecular weight excluding hydrogens is 449 g/mol. The van der Waals surface area contributed by atoms with E-state index < -0.39 is 8.07 Å². The number of nitrogens with zero attached hydrogens (tertiary/aromatic N) is 2. The maximum atomic E-state index is 13.2. The Morgan fingerprint density at radius 2 is 1.73 bits per heavy atom. The fourth-order valence-corrected chi connectivity index (χ4v) is 5.73. The number of fused-ring (bicyclic) bond motifs is 3. The minimum Gasteiger partial charge on any atom is -0.360 e. The van der Waals surface area contributed by atoms with E-state index in [1.807, 2.05) is 28.2 Å². The van der Waals surface area contributed by atoms with Gasteiger partial charge in [0.1, 0.15) is 12.5 Å². The van der Waals surface area contributed by atoms with Crippen molar-refractivity contribution in [2.75, 3.05) is 11.9 Å². The Morgan fingerprint density at radius 1 is 1.03 bits per heavy atom. The molecule has 1 N–H and O–H groups in total. The first kappa shape index (κ1) is 22.1. The molecule has 170 valence electrons. The average molecular weight is 478 g/mol. The van der Waals surface area contributed by atoms with Crippen molar-refractivity contribution in [2.45, 2.75) is 38.8 Å². The van der Waals surface area contributed by atoms with Gasteiger partial charge in [0.15, 0.2) is 0 Å². The average Bonchev–Trinajstić information content (AvgIpc) is 3.45. The van der Waals surface area contributed by atoms with E-state index in [-0.39, 0.29) is 5.82 Å². The largest absolute Gasteiger partial charge is 0.360 e. The van der Waals surface area contributed by atoms with E-state index in [2.05, 4.69) is 48.5 Å². The van der Waals surface area contributed by atoms with Gasteiger partial charge in [0.25, 0.3) is 0 Å². The zero-order valence-corrected chi connectivity index (χ0v) is 21.0. The van der Waals surface area contributed by atoms with E-state index in [9.17, 15) is 4.39 Å². The first-order valence-corrected chi connectivity index (χ1v) is 15.8. The van der Waals surface area contributed by atoms with Gasteiger partial charge in [0.05, 0.1) is 11.4 Å². The Bertz CT molecular complexity index is 1260. The molecule has 2 aromatic carbocycles. The molecule has 2 aromatic heterocycles. The summed E-state index contributed by atoms with van der Waals surface area (Å²) >= 11 is 1.81. The minimum absolute atomic E-state index is 0.238. The maximum absolute atomic E-state index is 13.2. The summed E-state index contributed by atoms with van der Waals surface area (Å²) < 4.78 is 21.3. The van der Waals surface area contributed by atoms with Crippen molar-refractivity contribution in [1.29, 1.82) is 0 Å². The highest BCUT2D eigenvalue weighted by molar-refractivity contribution is 7.10. The van der Waals surface area contributed by atoms with Crippen LogP contribution in [-0.4, -0.2) is 24.5 Å². The Kier molecular flexibility index (Phi) is 5.95. The number of ether oxygens (including phenoxy) is 1. The second-order valence-corrected chi connectivity index (χ2v) is 16.3. The Morgan fingerprint density at radius 3 is 2.42 bits per heavy atom. The quantitative estimate of drug-likeness (QED) is 0.187. The molecule has 7 heteroatoms. The third kappa shape index (κ3) is 4.81.